The molecule has 3 aromatic carbocycles. The molecular formula is C29H23N7O2. The molecule has 9 heteroatoms. The predicted octanol–water partition coefficient (Wildman–Crippen LogP) is 5.15. The van der Waals surface area contributed by atoms with Crippen LogP contribution in [0.15, 0.2) is 102 Å². The summed E-state index contributed by atoms with van der Waals surface area (Å²) in [5.41, 5.74) is 10.4. The molecule has 0 atom stereocenters. The lowest BCUT2D eigenvalue weighted by molar-refractivity contribution is 0.415. The summed E-state index contributed by atoms with van der Waals surface area (Å²) >= 11 is 0. The first-order valence-electron chi connectivity index (χ1n) is 11.9. The number of methoxy groups -OCH3 is 1. The van der Waals surface area contributed by atoms with Gasteiger partial charge in [0.1, 0.15) is 34.5 Å². The molecule has 0 saturated heterocycles. The fourth-order valence-corrected chi connectivity index (χ4v) is 4.40. The SMILES string of the molecule is COc1ccc(-c2c(Nc3cnc(N)cn3)[nH]c3c(-c4ccccc4)c(-c4ccccc4)nn3c2=O)cc1. The first-order valence-corrected chi connectivity index (χ1v) is 11.9. The van der Waals surface area contributed by atoms with E-state index in [-0.39, 0.29) is 5.56 Å². The molecule has 9 nitrogen and oxygen atoms in total. The van der Waals surface area contributed by atoms with Crippen LogP contribution in [0.5, 0.6) is 5.75 Å². The van der Waals surface area contributed by atoms with Crippen LogP contribution in [0.1, 0.15) is 0 Å². The van der Waals surface area contributed by atoms with Crippen molar-refractivity contribution in [1.29, 1.82) is 0 Å². The highest BCUT2D eigenvalue weighted by Gasteiger charge is 2.23. The molecule has 0 amide bonds. The highest BCUT2D eigenvalue weighted by atomic mass is 16.5. The number of aromatic amines is 1. The molecule has 38 heavy (non-hydrogen) atoms. The van der Waals surface area contributed by atoms with Crippen molar-refractivity contribution in [2.24, 2.45) is 0 Å². The van der Waals surface area contributed by atoms with E-state index < -0.39 is 0 Å². The minimum Gasteiger partial charge on any atom is -0.497 e. The number of rotatable bonds is 6. The van der Waals surface area contributed by atoms with E-state index >= 15 is 0 Å². The molecule has 0 spiro atoms. The highest BCUT2D eigenvalue weighted by molar-refractivity contribution is 5.92. The van der Waals surface area contributed by atoms with Crippen molar-refractivity contribution < 1.29 is 4.74 Å². The summed E-state index contributed by atoms with van der Waals surface area (Å²) in [5, 5.41) is 8.04. The van der Waals surface area contributed by atoms with Crippen molar-refractivity contribution in [1.82, 2.24) is 24.6 Å². The zero-order valence-electron chi connectivity index (χ0n) is 20.4. The van der Waals surface area contributed by atoms with E-state index in [2.05, 4.69) is 20.3 Å². The van der Waals surface area contributed by atoms with Gasteiger partial charge >= 0.3 is 0 Å². The van der Waals surface area contributed by atoms with Gasteiger partial charge in [-0.2, -0.15) is 9.61 Å². The zero-order valence-corrected chi connectivity index (χ0v) is 20.4. The largest absolute Gasteiger partial charge is 0.497 e. The van der Waals surface area contributed by atoms with Gasteiger partial charge in [0.05, 0.1) is 30.6 Å². The molecule has 0 aliphatic heterocycles. The number of H-pyrrole nitrogens is 1. The van der Waals surface area contributed by atoms with Gasteiger partial charge in [0.15, 0.2) is 0 Å². The third kappa shape index (κ3) is 4.11. The number of nitrogens with two attached hydrogens (primary N) is 1. The second kappa shape index (κ2) is 9.55. The molecule has 0 aliphatic rings. The van der Waals surface area contributed by atoms with Crippen molar-refractivity contribution in [3.05, 3.63) is 108 Å². The average Bonchev–Trinajstić information content (AvgIpc) is 3.35. The lowest BCUT2D eigenvalue weighted by Gasteiger charge is -2.13. The van der Waals surface area contributed by atoms with Gasteiger partial charge in [-0.1, -0.05) is 72.8 Å². The molecule has 0 aliphatic carbocycles. The second-order valence-corrected chi connectivity index (χ2v) is 8.58. The predicted molar refractivity (Wildman–Crippen MR) is 148 cm³/mol. The molecular weight excluding hydrogens is 478 g/mol. The molecule has 0 bridgehead atoms. The average molecular weight is 502 g/mol. The Kier molecular flexibility index (Phi) is 5.78. The van der Waals surface area contributed by atoms with E-state index in [4.69, 9.17) is 15.6 Å². The standard InChI is InChI=1S/C29H23N7O2/c1-38-21-14-12-19(13-15-21)25-27(33-23-17-31-22(30)16-32-23)34-28-24(18-8-4-2-5-9-18)26(35-36(28)29(25)37)20-10-6-3-7-11-20/h2-17,34H,1H3,(H2,30,31)(H,32,33). The fraction of sp³-hybridized carbons (Fsp3) is 0.0345. The summed E-state index contributed by atoms with van der Waals surface area (Å²) < 4.78 is 6.73. The molecule has 0 unspecified atom stereocenters. The maximum Gasteiger partial charge on any atom is 0.284 e. The smallest absolute Gasteiger partial charge is 0.284 e. The number of ether oxygens (including phenoxy) is 1. The number of fused-ring (bicyclic) bond motifs is 1. The summed E-state index contributed by atoms with van der Waals surface area (Å²) in [5.74, 6) is 1.85. The van der Waals surface area contributed by atoms with Crippen molar-refractivity contribution >= 4 is 23.1 Å². The van der Waals surface area contributed by atoms with Gasteiger partial charge in [0.25, 0.3) is 5.56 Å². The Hall–Kier alpha value is -5.44. The molecule has 3 heterocycles. The van der Waals surface area contributed by atoms with Crippen molar-refractivity contribution in [3.8, 4) is 39.3 Å². The van der Waals surface area contributed by atoms with Gasteiger partial charge in [0.2, 0.25) is 0 Å². The van der Waals surface area contributed by atoms with Crippen LogP contribution in [-0.2, 0) is 0 Å². The van der Waals surface area contributed by atoms with Gasteiger partial charge in [-0.05, 0) is 23.3 Å². The van der Waals surface area contributed by atoms with E-state index in [0.29, 0.717) is 45.7 Å². The number of anilines is 3. The van der Waals surface area contributed by atoms with Crippen molar-refractivity contribution in [2.45, 2.75) is 0 Å². The van der Waals surface area contributed by atoms with Crippen LogP contribution in [0.25, 0.3) is 39.2 Å². The number of benzene rings is 3. The number of hydrogen-bond donors (Lipinski definition) is 3. The minimum atomic E-state index is -0.297. The number of nitrogen functional groups attached to an aromatic ring is 1. The summed E-state index contributed by atoms with van der Waals surface area (Å²) in [4.78, 5) is 26.0. The number of nitrogens with one attached hydrogen (secondary N) is 2. The Bertz CT molecular complexity index is 1780. The summed E-state index contributed by atoms with van der Waals surface area (Å²) in [7, 11) is 1.60. The molecule has 6 rings (SSSR count). The Morgan fingerprint density at radius 1 is 0.816 bits per heavy atom. The lowest BCUT2D eigenvalue weighted by atomic mass is 10.0. The Morgan fingerprint density at radius 2 is 1.47 bits per heavy atom. The molecule has 0 radical (unpaired) electrons. The van der Waals surface area contributed by atoms with Crippen LogP contribution in [0, 0.1) is 0 Å². The highest BCUT2D eigenvalue weighted by Crippen LogP contribution is 2.36. The Labute approximate surface area is 217 Å². The summed E-state index contributed by atoms with van der Waals surface area (Å²) in [6.45, 7) is 0. The molecule has 6 aromatic rings. The lowest BCUT2D eigenvalue weighted by Crippen LogP contribution is -2.20. The number of hydrogen-bond acceptors (Lipinski definition) is 7. The van der Waals surface area contributed by atoms with Gasteiger partial charge in [-0.15, -0.1) is 0 Å². The first kappa shape index (κ1) is 23.0. The first-order chi connectivity index (χ1) is 18.6. The maximum absolute atomic E-state index is 14.1. The van der Waals surface area contributed by atoms with E-state index in [9.17, 15) is 4.79 Å². The van der Waals surface area contributed by atoms with E-state index in [1.807, 2.05) is 72.8 Å². The molecule has 4 N–H and O–H groups in total. The minimum absolute atomic E-state index is 0.296. The topological polar surface area (TPSA) is 123 Å². The van der Waals surface area contributed by atoms with Gasteiger partial charge < -0.3 is 20.8 Å². The maximum atomic E-state index is 14.1. The van der Waals surface area contributed by atoms with Crippen LogP contribution in [-0.4, -0.2) is 31.7 Å². The second-order valence-electron chi connectivity index (χ2n) is 8.58. The molecule has 186 valence electrons. The third-order valence-electron chi connectivity index (χ3n) is 6.20. The van der Waals surface area contributed by atoms with Crippen LogP contribution in [0.4, 0.5) is 17.5 Å². The quantitative estimate of drug-likeness (QED) is 0.288. The summed E-state index contributed by atoms with van der Waals surface area (Å²) in [6.07, 6.45) is 2.97. The molecule has 0 fully saturated rings. The summed E-state index contributed by atoms with van der Waals surface area (Å²) in [6, 6.07) is 26.9. The third-order valence-corrected chi connectivity index (χ3v) is 6.20. The fourth-order valence-electron chi connectivity index (χ4n) is 4.40. The Morgan fingerprint density at radius 3 is 2.11 bits per heavy atom. The van der Waals surface area contributed by atoms with Crippen molar-refractivity contribution in [2.75, 3.05) is 18.2 Å². The van der Waals surface area contributed by atoms with E-state index in [1.54, 1.807) is 19.2 Å². The van der Waals surface area contributed by atoms with Crippen LogP contribution < -0.4 is 21.3 Å². The van der Waals surface area contributed by atoms with Gasteiger partial charge in [0, 0.05) is 5.56 Å². The van der Waals surface area contributed by atoms with Crippen LogP contribution in [0.2, 0.25) is 0 Å². The van der Waals surface area contributed by atoms with Gasteiger partial charge in [-0.25, -0.2) is 9.97 Å². The monoisotopic (exact) mass is 501 g/mol. The van der Waals surface area contributed by atoms with E-state index in [1.165, 1.54) is 16.9 Å². The van der Waals surface area contributed by atoms with Crippen LogP contribution >= 0.6 is 0 Å². The zero-order chi connectivity index (χ0) is 26.1. The molecule has 0 saturated carbocycles. The Balaban J connectivity index is 1.66. The number of nitrogens with zero attached hydrogens (tertiary/aromatic N) is 4. The van der Waals surface area contributed by atoms with Crippen LogP contribution in [0.3, 0.4) is 0 Å². The van der Waals surface area contributed by atoms with Crippen molar-refractivity contribution in [3.63, 3.8) is 0 Å². The normalized spacial score (nSPS) is 11.0. The number of aromatic nitrogens is 5. The van der Waals surface area contributed by atoms with E-state index in [0.717, 1.165) is 16.7 Å². The molecule has 3 aromatic heterocycles. The van der Waals surface area contributed by atoms with Gasteiger partial charge in [-0.3, -0.25) is 4.79 Å².